The lowest BCUT2D eigenvalue weighted by atomic mass is 9.67. The Morgan fingerprint density at radius 2 is 2.00 bits per heavy atom. The molecule has 2 saturated carbocycles. The SMILES string of the molecule is CCC1(CNC(=O)C2(N)CC2)CCC1. The maximum Gasteiger partial charge on any atom is 0.240 e. The summed E-state index contributed by atoms with van der Waals surface area (Å²) in [5.74, 6) is 0.0669. The molecule has 3 nitrogen and oxygen atoms in total. The van der Waals surface area contributed by atoms with Crippen molar-refractivity contribution in [1.82, 2.24) is 5.32 Å². The standard InChI is InChI=1S/C11H20N2O/c1-2-10(4-3-5-10)8-13-9(14)11(12)6-7-11/h2-8,12H2,1H3,(H,13,14). The molecule has 0 saturated heterocycles. The molecule has 3 heteroatoms. The second-order valence-corrected chi connectivity index (χ2v) is 5.05. The van der Waals surface area contributed by atoms with Crippen LogP contribution in [0.4, 0.5) is 0 Å². The molecule has 0 heterocycles. The Hall–Kier alpha value is -0.570. The van der Waals surface area contributed by atoms with Crippen molar-refractivity contribution >= 4 is 5.91 Å². The highest BCUT2D eigenvalue weighted by molar-refractivity contribution is 5.88. The topological polar surface area (TPSA) is 55.1 Å². The highest BCUT2D eigenvalue weighted by atomic mass is 16.2. The number of hydrogen-bond donors (Lipinski definition) is 2. The average molecular weight is 196 g/mol. The van der Waals surface area contributed by atoms with Gasteiger partial charge in [-0.3, -0.25) is 4.79 Å². The van der Waals surface area contributed by atoms with E-state index in [9.17, 15) is 4.79 Å². The molecule has 3 N–H and O–H groups in total. The third-order valence-electron chi connectivity index (χ3n) is 4.03. The maximum atomic E-state index is 11.6. The first kappa shape index (κ1) is 9.97. The van der Waals surface area contributed by atoms with Crippen LogP contribution < -0.4 is 11.1 Å². The molecule has 0 bridgehead atoms. The summed E-state index contributed by atoms with van der Waals surface area (Å²) in [6, 6.07) is 0. The summed E-state index contributed by atoms with van der Waals surface area (Å²) in [6.07, 6.45) is 6.74. The minimum Gasteiger partial charge on any atom is -0.354 e. The van der Waals surface area contributed by atoms with Gasteiger partial charge in [0, 0.05) is 6.54 Å². The molecule has 0 aromatic heterocycles. The van der Waals surface area contributed by atoms with Crippen LogP contribution in [0.1, 0.15) is 45.4 Å². The predicted octanol–water partition coefficient (Wildman–Crippen LogP) is 1.17. The van der Waals surface area contributed by atoms with Crippen LogP contribution in [0, 0.1) is 5.41 Å². The van der Waals surface area contributed by atoms with Crippen molar-refractivity contribution in [2.75, 3.05) is 6.54 Å². The summed E-state index contributed by atoms with van der Waals surface area (Å²) < 4.78 is 0. The molecule has 0 spiro atoms. The molecule has 2 fully saturated rings. The summed E-state index contributed by atoms with van der Waals surface area (Å²) in [5, 5.41) is 3.01. The van der Waals surface area contributed by atoms with Crippen molar-refractivity contribution in [1.29, 1.82) is 0 Å². The van der Waals surface area contributed by atoms with E-state index in [0.29, 0.717) is 5.41 Å². The molecule has 0 aliphatic heterocycles. The Balaban J connectivity index is 1.79. The zero-order chi connectivity index (χ0) is 10.2. The second kappa shape index (κ2) is 3.23. The van der Waals surface area contributed by atoms with Gasteiger partial charge in [-0.25, -0.2) is 0 Å². The number of hydrogen-bond acceptors (Lipinski definition) is 2. The first-order valence-electron chi connectivity index (χ1n) is 5.67. The van der Waals surface area contributed by atoms with Gasteiger partial charge in [-0.15, -0.1) is 0 Å². The highest BCUT2D eigenvalue weighted by Crippen LogP contribution is 2.43. The molecule has 0 radical (unpaired) electrons. The van der Waals surface area contributed by atoms with Crippen molar-refractivity contribution < 1.29 is 4.79 Å². The molecule has 80 valence electrons. The van der Waals surface area contributed by atoms with Crippen LogP contribution in [-0.2, 0) is 4.79 Å². The van der Waals surface area contributed by atoms with Gasteiger partial charge in [0.15, 0.2) is 0 Å². The summed E-state index contributed by atoms with van der Waals surface area (Å²) in [5.41, 5.74) is 5.71. The lowest BCUT2D eigenvalue weighted by molar-refractivity contribution is -0.124. The third kappa shape index (κ3) is 1.65. The fourth-order valence-corrected chi connectivity index (χ4v) is 2.14. The number of carbonyl (C=O) groups is 1. The Morgan fingerprint density at radius 3 is 2.36 bits per heavy atom. The predicted molar refractivity (Wildman–Crippen MR) is 55.7 cm³/mol. The quantitative estimate of drug-likeness (QED) is 0.709. The van der Waals surface area contributed by atoms with Gasteiger partial charge in [0.05, 0.1) is 5.54 Å². The Labute approximate surface area is 85.4 Å². The number of amides is 1. The number of carbonyl (C=O) groups excluding carboxylic acids is 1. The van der Waals surface area contributed by atoms with Crippen molar-refractivity contribution in [2.45, 2.75) is 51.0 Å². The normalized spacial score (nSPS) is 26.4. The molecule has 0 atom stereocenters. The molecule has 0 aromatic rings. The lowest BCUT2D eigenvalue weighted by Crippen LogP contribution is -2.48. The molecular formula is C11H20N2O. The van der Waals surface area contributed by atoms with Gasteiger partial charge < -0.3 is 11.1 Å². The first-order valence-corrected chi connectivity index (χ1v) is 5.67. The third-order valence-corrected chi connectivity index (χ3v) is 4.03. The highest BCUT2D eigenvalue weighted by Gasteiger charge is 2.46. The molecule has 2 aliphatic rings. The average Bonchev–Trinajstić information content (AvgIpc) is 2.84. The van der Waals surface area contributed by atoms with E-state index in [1.807, 2.05) is 0 Å². The van der Waals surface area contributed by atoms with E-state index in [0.717, 1.165) is 19.4 Å². The van der Waals surface area contributed by atoms with E-state index in [-0.39, 0.29) is 5.91 Å². The van der Waals surface area contributed by atoms with E-state index in [4.69, 9.17) is 5.73 Å². The van der Waals surface area contributed by atoms with Gasteiger partial charge in [0.2, 0.25) is 5.91 Å². The first-order chi connectivity index (χ1) is 6.60. The van der Waals surface area contributed by atoms with E-state index >= 15 is 0 Å². The van der Waals surface area contributed by atoms with Crippen LogP contribution in [0.3, 0.4) is 0 Å². The van der Waals surface area contributed by atoms with Gasteiger partial charge in [-0.1, -0.05) is 13.3 Å². The van der Waals surface area contributed by atoms with Crippen LogP contribution in [0.15, 0.2) is 0 Å². The molecular weight excluding hydrogens is 176 g/mol. The van der Waals surface area contributed by atoms with Crippen molar-refractivity contribution in [3.8, 4) is 0 Å². The van der Waals surface area contributed by atoms with Crippen molar-refractivity contribution in [3.63, 3.8) is 0 Å². The van der Waals surface area contributed by atoms with E-state index in [2.05, 4.69) is 12.2 Å². The van der Waals surface area contributed by atoms with Crippen LogP contribution in [0.25, 0.3) is 0 Å². The van der Waals surface area contributed by atoms with Gasteiger partial charge in [-0.2, -0.15) is 0 Å². The van der Waals surface area contributed by atoms with E-state index in [1.54, 1.807) is 0 Å². The summed E-state index contributed by atoms with van der Waals surface area (Å²) in [7, 11) is 0. The zero-order valence-electron chi connectivity index (χ0n) is 8.94. The Bertz CT molecular complexity index is 236. The van der Waals surface area contributed by atoms with E-state index < -0.39 is 5.54 Å². The molecule has 2 aliphatic carbocycles. The monoisotopic (exact) mass is 196 g/mol. The maximum absolute atomic E-state index is 11.6. The van der Waals surface area contributed by atoms with E-state index in [1.165, 1.54) is 25.7 Å². The summed E-state index contributed by atoms with van der Waals surface area (Å²) in [6.45, 7) is 3.04. The lowest BCUT2D eigenvalue weighted by Gasteiger charge is -2.41. The number of nitrogens with two attached hydrogens (primary N) is 1. The molecule has 1 amide bonds. The smallest absolute Gasteiger partial charge is 0.240 e. The largest absolute Gasteiger partial charge is 0.354 e. The van der Waals surface area contributed by atoms with Crippen molar-refractivity contribution in [2.24, 2.45) is 11.1 Å². The fraction of sp³-hybridized carbons (Fsp3) is 0.909. The number of nitrogens with one attached hydrogen (secondary N) is 1. The van der Waals surface area contributed by atoms with Gasteiger partial charge in [0.1, 0.15) is 0 Å². The molecule has 2 rings (SSSR count). The zero-order valence-corrected chi connectivity index (χ0v) is 8.94. The van der Waals surface area contributed by atoms with Gasteiger partial charge in [0.25, 0.3) is 0 Å². The second-order valence-electron chi connectivity index (χ2n) is 5.05. The summed E-state index contributed by atoms with van der Waals surface area (Å²) in [4.78, 5) is 11.6. The summed E-state index contributed by atoms with van der Waals surface area (Å²) >= 11 is 0. The van der Waals surface area contributed by atoms with Crippen LogP contribution >= 0.6 is 0 Å². The van der Waals surface area contributed by atoms with Crippen LogP contribution in [0.2, 0.25) is 0 Å². The molecule has 0 aromatic carbocycles. The minimum atomic E-state index is -0.501. The van der Waals surface area contributed by atoms with Gasteiger partial charge >= 0.3 is 0 Å². The van der Waals surface area contributed by atoms with Crippen LogP contribution in [-0.4, -0.2) is 18.0 Å². The van der Waals surface area contributed by atoms with Crippen molar-refractivity contribution in [3.05, 3.63) is 0 Å². The Morgan fingerprint density at radius 1 is 1.36 bits per heavy atom. The van der Waals surface area contributed by atoms with Crippen LogP contribution in [0.5, 0.6) is 0 Å². The van der Waals surface area contributed by atoms with Gasteiger partial charge in [-0.05, 0) is 37.5 Å². The fourth-order valence-electron chi connectivity index (χ4n) is 2.14. The molecule has 14 heavy (non-hydrogen) atoms. The minimum absolute atomic E-state index is 0.0669. The number of rotatable bonds is 4. The Kier molecular flexibility index (Phi) is 2.30. The molecule has 0 unspecified atom stereocenters.